The third kappa shape index (κ3) is 4.02. The Bertz CT molecular complexity index is 921. The summed E-state index contributed by atoms with van der Waals surface area (Å²) in [6.45, 7) is 2.19. The number of benzene rings is 1. The van der Waals surface area contributed by atoms with Gasteiger partial charge in [0.15, 0.2) is 5.16 Å². The zero-order valence-corrected chi connectivity index (χ0v) is 17.2. The minimum atomic E-state index is -0.115. The maximum absolute atomic E-state index is 13.0. The van der Waals surface area contributed by atoms with E-state index < -0.39 is 0 Å². The minimum Gasteiger partial charge on any atom is -0.326 e. The summed E-state index contributed by atoms with van der Waals surface area (Å²) in [4.78, 5) is 30.3. The molecule has 1 aromatic carbocycles. The van der Waals surface area contributed by atoms with Crippen molar-refractivity contribution >= 4 is 23.4 Å². The number of aryl methyl sites for hydroxylation is 2. The fraction of sp³-hybridized carbons (Fsp3) is 0.500. The number of carbonyl (C=O) groups excluding carboxylic acids is 1. The number of fused-ring (bicyclic) bond motifs is 2. The molecule has 1 aliphatic heterocycles. The monoisotopic (exact) mass is 397 g/mol. The van der Waals surface area contributed by atoms with Crippen LogP contribution in [0.1, 0.15) is 61.9 Å². The van der Waals surface area contributed by atoms with E-state index in [0.717, 1.165) is 60.0 Å². The number of nitrogens with zero attached hydrogens (tertiary/aromatic N) is 2. The average Bonchev–Trinajstić information content (AvgIpc) is 3.10. The number of rotatable bonds is 6. The van der Waals surface area contributed by atoms with Crippen LogP contribution < -0.4 is 10.9 Å². The molecule has 0 spiro atoms. The molecule has 0 bridgehead atoms. The summed E-state index contributed by atoms with van der Waals surface area (Å²) in [7, 11) is 0. The van der Waals surface area contributed by atoms with Crippen LogP contribution in [0.15, 0.2) is 34.2 Å². The van der Waals surface area contributed by atoms with Crippen LogP contribution in [0.4, 0.5) is 5.69 Å². The maximum atomic E-state index is 13.0. The molecule has 0 saturated carbocycles. The molecule has 0 fully saturated rings. The van der Waals surface area contributed by atoms with Crippen molar-refractivity contribution in [2.45, 2.75) is 69.5 Å². The number of anilines is 1. The normalized spacial score (nSPS) is 17.8. The van der Waals surface area contributed by atoms with Gasteiger partial charge in [-0.15, -0.1) is 0 Å². The molecule has 2 aliphatic rings. The molecule has 1 aliphatic carbocycles. The fourth-order valence-corrected chi connectivity index (χ4v) is 5.18. The van der Waals surface area contributed by atoms with Crippen LogP contribution in [0, 0.1) is 0 Å². The maximum Gasteiger partial charge on any atom is 0.257 e. The molecule has 1 amide bonds. The predicted octanol–water partition coefficient (Wildman–Crippen LogP) is 4.14. The second kappa shape index (κ2) is 8.52. The Hall–Kier alpha value is -2.08. The SMILES string of the molecule is CCCCc1ccc(NC(=O)CC2CSc3nc4c(c(=O)n32)CCCC4)cc1. The molecule has 1 N–H and O–H groups in total. The molecule has 1 atom stereocenters. The molecular weight excluding hydrogens is 370 g/mol. The van der Waals surface area contributed by atoms with E-state index in [9.17, 15) is 9.59 Å². The standard InChI is InChI=1S/C22H27N3O2S/c1-2-3-6-15-9-11-16(12-10-15)23-20(26)13-17-14-28-22-24-19-8-5-4-7-18(19)21(27)25(17)22/h9-12,17H,2-8,13-14H2,1H3,(H,23,26). The fourth-order valence-electron chi connectivity index (χ4n) is 4.03. The van der Waals surface area contributed by atoms with Gasteiger partial charge in [0.25, 0.3) is 5.56 Å². The largest absolute Gasteiger partial charge is 0.326 e. The molecule has 28 heavy (non-hydrogen) atoms. The molecule has 6 heteroatoms. The Morgan fingerprint density at radius 2 is 2.04 bits per heavy atom. The zero-order valence-electron chi connectivity index (χ0n) is 16.4. The Morgan fingerprint density at radius 1 is 1.25 bits per heavy atom. The topological polar surface area (TPSA) is 64.0 Å². The lowest BCUT2D eigenvalue weighted by atomic mass is 9.97. The van der Waals surface area contributed by atoms with Crippen molar-refractivity contribution in [3.8, 4) is 0 Å². The summed E-state index contributed by atoms with van der Waals surface area (Å²) in [6, 6.07) is 7.96. The summed E-state index contributed by atoms with van der Waals surface area (Å²) in [6.07, 6.45) is 7.60. The summed E-state index contributed by atoms with van der Waals surface area (Å²) in [5.74, 6) is 0.679. The van der Waals surface area contributed by atoms with Crippen molar-refractivity contribution in [3.63, 3.8) is 0 Å². The predicted molar refractivity (Wildman–Crippen MR) is 113 cm³/mol. The van der Waals surface area contributed by atoms with Crippen molar-refractivity contribution < 1.29 is 4.79 Å². The molecule has 148 valence electrons. The van der Waals surface area contributed by atoms with Crippen LogP contribution in [0.25, 0.3) is 0 Å². The van der Waals surface area contributed by atoms with Crippen molar-refractivity contribution in [2.75, 3.05) is 11.1 Å². The first-order valence-corrected chi connectivity index (χ1v) is 11.3. The Labute approximate surface area is 170 Å². The number of aromatic nitrogens is 2. The first kappa shape index (κ1) is 19.2. The highest BCUT2D eigenvalue weighted by Gasteiger charge is 2.30. The van der Waals surface area contributed by atoms with Crippen molar-refractivity contribution in [1.29, 1.82) is 0 Å². The molecule has 1 unspecified atom stereocenters. The highest BCUT2D eigenvalue weighted by Crippen LogP contribution is 2.34. The second-order valence-electron chi connectivity index (χ2n) is 7.72. The quantitative estimate of drug-likeness (QED) is 0.744. The lowest BCUT2D eigenvalue weighted by Crippen LogP contribution is -2.32. The number of hydrogen-bond acceptors (Lipinski definition) is 4. The van der Waals surface area contributed by atoms with Gasteiger partial charge in [0, 0.05) is 23.4 Å². The molecule has 4 rings (SSSR count). The van der Waals surface area contributed by atoms with Crippen LogP contribution >= 0.6 is 11.8 Å². The summed E-state index contributed by atoms with van der Waals surface area (Å²) in [5.41, 5.74) is 4.02. The van der Waals surface area contributed by atoms with Gasteiger partial charge in [-0.1, -0.05) is 37.2 Å². The van der Waals surface area contributed by atoms with Crippen LogP contribution in [0.2, 0.25) is 0 Å². The van der Waals surface area contributed by atoms with E-state index in [1.165, 1.54) is 18.4 Å². The number of hydrogen-bond donors (Lipinski definition) is 1. The summed E-state index contributed by atoms with van der Waals surface area (Å²) >= 11 is 1.59. The van der Waals surface area contributed by atoms with Crippen LogP contribution in [-0.4, -0.2) is 21.2 Å². The van der Waals surface area contributed by atoms with E-state index in [4.69, 9.17) is 4.98 Å². The Kier molecular flexibility index (Phi) is 5.85. The van der Waals surface area contributed by atoms with E-state index in [0.29, 0.717) is 6.42 Å². The van der Waals surface area contributed by atoms with E-state index in [1.807, 2.05) is 12.1 Å². The molecule has 0 saturated heterocycles. The van der Waals surface area contributed by atoms with Gasteiger partial charge in [-0.05, 0) is 56.2 Å². The lowest BCUT2D eigenvalue weighted by molar-refractivity contribution is -0.116. The molecule has 2 aromatic rings. The van der Waals surface area contributed by atoms with Crippen LogP contribution in [0.3, 0.4) is 0 Å². The van der Waals surface area contributed by atoms with E-state index >= 15 is 0 Å². The van der Waals surface area contributed by atoms with Gasteiger partial charge in [0.2, 0.25) is 5.91 Å². The number of nitrogens with one attached hydrogen (secondary N) is 1. The van der Waals surface area contributed by atoms with Crippen molar-refractivity contribution in [1.82, 2.24) is 9.55 Å². The Balaban J connectivity index is 1.43. The third-order valence-corrected chi connectivity index (χ3v) is 6.70. The summed E-state index contributed by atoms with van der Waals surface area (Å²) in [5, 5.41) is 3.76. The smallest absolute Gasteiger partial charge is 0.257 e. The van der Waals surface area contributed by atoms with E-state index in [1.54, 1.807) is 16.3 Å². The van der Waals surface area contributed by atoms with Gasteiger partial charge < -0.3 is 5.32 Å². The molecule has 2 heterocycles. The Morgan fingerprint density at radius 3 is 2.82 bits per heavy atom. The first-order valence-electron chi connectivity index (χ1n) is 10.3. The summed E-state index contributed by atoms with van der Waals surface area (Å²) < 4.78 is 1.77. The van der Waals surface area contributed by atoms with Gasteiger partial charge in [-0.3, -0.25) is 14.2 Å². The molecule has 0 radical (unpaired) electrons. The first-order chi connectivity index (χ1) is 13.7. The van der Waals surface area contributed by atoms with E-state index in [-0.39, 0.29) is 17.5 Å². The minimum absolute atomic E-state index is 0.0515. The number of carbonyl (C=O) groups is 1. The third-order valence-electron chi connectivity index (χ3n) is 5.60. The van der Waals surface area contributed by atoms with Gasteiger partial charge in [0.05, 0.1) is 11.7 Å². The van der Waals surface area contributed by atoms with E-state index in [2.05, 4.69) is 24.4 Å². The number of unbranched alkanes of at least 4 members (excludes halogenated alkanes) is 1. The number of amides is 1. The van der Waals surface area contributed by atoms with Gasteiger partial charge in [-0.2, -0.15) is 0 Å². The van der Waals surface area contributed by atoms with Crippen LogP contribution in [-0.2, 0) is 24.1 Å². The molecular formula is C22H27N3O2S. The number of thioether (sulfide) groups is 1. The zero-order chi connectivity index (χ0) is 19.5. The van der Waals surface area contributed by atoms with Crippen LogP contribution in [0.5, 0.6) is 0 Å². The van der Waals surface area contributed by atoms with Gasteiger partial charge in [-0.25, -0.2) is 4.98 Å². The second-order valence-corrected chi connectivity index (χ2v) is 8.71. The molecule has 5 nitrogen and oxygen atoms in total. The van der Waals surface area contributed by atoms with Crippen molar-refractivity contribution in [3.05, 3.63) is 51.4 Å². The van der Waals surface area contributed by atoms with Gasteiger partial charge >= 0.3 is 0 Å². The lowest BCUT2D eigenvalue weighted by Gasteiger charge is -2.18. The van der Waals surface area contributed by atoms with Gasteiger partial charge in [0.1, 0.15) is 0 Å². The van der Waals surface area contributed by atoms with Crippen molar-refractivity contribution in [2.24, 2.45) is 0 Å². The molecule has 1 aromatic heterocycles. The highest BCUT2D eigenvalue weighted by molar-refractivity contribution is 7.99. The highest BCUT2D eigenvalue weighted by atomic mass is 32.2. The average molecular weight is 398 g/mol.